The SMILES string of the molecule is C#Cc1cccc(Nc2ncc(C3=CCCC=N3)c(N)n2)c1.C1CCCCC1. The molecular weight excluding hydrogens is 346 g/mol. The Bertz CT molecular complexity index is 877. The average molecular weight is 374 g/mol. The first-order chi connectivity index (χ1) is 13.8. The maximum absolute atomic E-state index is 6.02. The topological polar surface area (TPSA) is 76.2 Å². The smallest absolute Gasteiger partial charge is 0.229 e. The molecule has 5 nitrogen and oxygen atoms in total. The molecule has 1 aliphatic carbocycles. The van der Waals surface area contributed by atoms with Crippen LogP contribution in [0.4, 0.5) is 17.5 Å². The van der Waals surface area contributed by atoms with Gasteiger partial charge in [0, 0.05) is 23.7 Å². The Morgan fingerprint density at radius 2 is 1.79 bits per heavy atom. The fourth-order valence-electron chi connectivity index (χ4n) is 3.22. The number of aromatic nitrogens is 2. The predicted molar refractivity (Wildman–Crippen MR) is 118 cm³/mol. The van der Waals surface area contributed by atoms with E-state index in [0.29, 0.717) is 11.8 Å². The third-order valence-corrected chi connectivity index (χ3v) is 4.74. The van der Waals surface area contributed by atoms with Crippen molar-refractivity contribution in [3.63, 3.8) is 0 Å². The molecule has 3 N–H and O–H groups in total. The molecular formula is C23H27N5. The van der Waals surface area contributed by atoms with Gasteiger partial charge >= 0.3 is 0 Å². The number of nitrogens with one attached hydrogen (secondary N) is 1. The Balaban J connectivity index is 0.000000320. The van der Waals surface area contributed by atoms with E-state index >= 15 is 0 Å². The highest BCUT2D eigenvalue weighted by Gasteiger charge is 2.10. The summed E-state index contributed by atoms with van der Waals surface area (Å²) in [5, 5.41) is 3.09. The second-order valence-corrected chi connectivity index (χ2v) is 6.94. The van der Waals surface area contributed by atoms with E-state index in [9.17, 15) is 0 Å². The van der Waals surface area contributed by atoms with Crippen molar-refractivity contribution in [3.8, 4) is 12.3 Å². The van der Waals surface area contributed by atoms with Crippen molar-refractivity contribution in [1.82, 2.24) is 9.97 Å². The summed E-state index contributed by atoms with van der Waals surface area (Å²) in [6.07, 6.45) is 21.9. The van der Waals surface area contributed by atoms with Gasteiger partial charge in [-0.2, -0.15) is 4.98 Å². The highest BCUT2D eigenvalue weighted by molar-refractivity contribution is 5.80. The monoisotopic (exact) mass is 373 g/mol. The number of nitrogens with two attached hydrogens (primary N) is 1. The molecule has 28 heavy (non-hydrogen) atoms. The molecule has 1 fully saturated rings. The Hall–Kier alpha value is -3.13. The number of hydrogen-bond donors (Lipinski definition) is 2. The standard InChI is InChI=1S/C17H15N5.C6H12/c1-2-12-6-5-7-13(10-12)21-17-20-11-14(16(18)22-17)15-8-3-4-9-19-15;1-2-4-6-5-3-1/h1,5-11H,3-4H2,(H3,18,20,21,22);1-6H2. The second-order valence-electron chi connectivity index (χ2n) is 6.94. The highest BCUT2D eigenvalue weighted by Crippen LogP contribution is 2.25. The molecule has 1 saturated carbocycles. The molecule has 0 spiro atoms. The fourth-order valence-corrected chi connectivity index (χ4v) is 3.22. The summed E-state index contributed by atoms with van der Waals surface area (Å²) in [4.78, 5) is 12.9. The predicted octanol–water partition coefficient (Wildman–Crippen LogP) is 5.33. The van der Waals surface area contributed by atoms with Gasteiger partial charge in [-0.05, 0) is 31.0 Å². The summed E-state index contributed by atoms with van der Waals surface area (Å²) in [7, 11) is 0. The third-order valence-electron chi connectivity index (χ3n) is 4.74. The van der Waals surface area contributed by atoms with Crippen LogP contribution in [0.15, 0.2) is 41.5 Å². The minimum absolute atomic E-state index is 0.399. The summed E-state index contributed by atoms with van der Waals surface area (Å²) in [6.45, 7) is 0. The van der Waals surface area contributed by atoms with Gasteiger partial charge < -0.3 is 11.1 Å². The van der Waals surface area contributed by atoms with Crippen LogP contribution < -0.4 is 11.1 Å². The lowest BCUT2D eigenvalue weighted by Gasteiger charge is -2.10. The van der Waals surface area contributed by atoms with Crippen molar-refractivity contribution in [2.75, 3.05) is 11.1 Å². The summed E-state index contributed by atoms with van der Waals surface area (Å²) in [6, 6.07) is 7.47. The van der Waals surface area contributed by atoms with Crippen molar-refractivity contribution >= 4 is 29.4 Å². The van der Waals surface area contributed by atoms with E-state index < -0.39 is 0 Å². The molecule has 0 atom stereocenters. The molecule has 0 radical (unpaired) electrons. The van der Waals surface area contributed by atoms with Crippen molar-refractivity contribution in [2.45, 2.75) is 51.4 Å². The number of anilines is 3. The molecule has 1 aliphatic heterocycles. The molecule has 1 aromatic carbocycles. The summed E-state index contributed by atoms with van der Waals surface area (Å²) in [5.74, 6) is 3.41. The van der Waals surface area contributed by atoms with Crippen molar-refractivity contribution < 1.29 is 0 Å². The quantitative estimate of drug-likeness (QED) is 0.713. The van der Waals surface area contributed by atoms with E-state index in [0.717, 1.165) is 35.4 Å². The minimum Gasteiger partial charge on any atom is -0.383 e. The molecule has 144 valence electrons. The van der Waals surface area contributed by atoms with Crippen LogP contribution in [-0.4, -0.2) is 16.2 Å². The molecule has 2 aromatic rings. The van der Waals surface area contributed by atoms with Crippen molar-refractivity contribution in [1.29, 1.82) is 0 Å². The summed E-state index contributed by atoms with van der Waals surface area (Å²) in [5.41, 5.74) is 9.20. The first kappa shape index (κ1) is 19.6. The summed E-state index contributed by atoms with van der Waals surface area (Å²) < 4.78 is 0. The number of hydrogen-bond acceptors (Lipinski definition) is 5. The number of nitrogens with zero attached hydrogens (tertiary/aromatic N) is 3. The number of aliphatic imine (C=N–C) groups is 1. The maximum atomic E-state index is 6.02. The molecule has 0 bridgehead atoms. The van der Waals surface area contributed by atoms with E-state index in [-0.39, 0.29) is 0 Å². The molecule has 5 heteroatoms. The van der Waals surface area contributed by atoms with E-state index in [4.69, 9.17) is 12.2 Å². The van der Waals surface area contributed by atoms with Crippen LogP contribution in [0.25, 0.3) is 5.70 Å². The zero-order chi connectivity index (χ0) is 19.6. The Morgan fingerprint density at radius 3 is 2.39 bits per heavy atom. The first-order valence-corrected chi connectivity index (χ1v) is 9.95. The van der Waals surface area contributed by atoms with E-state index in [1.807, 2.05) is 36.6 Å². The van der Waals surface area contributed by atoms with Crippen LogP contribution in [0.2, 0.25) is 0 Å². The fraction of sp³-hybridized carbons (Fsp3) is 0.348. The number of allylic oxidation sites excluding steroid dienone is 1. The normalized spacial score (nSPS) is 15.6. The van der Waals surface area contributed by atoms with Gasteiger partial charge in [-0.25, -0.2) is 4.98 Å². The molecule has 0 saturated heterocycles. The molecule has 1 aromatic heterocycles. The lowest BCUT2D eigenvalue weighted by Crippen LogP contribution is -2.04. The van der Waals surface area contributed by atoms with Gasteiger partial charge in [0.05, 0.1) is 11.3 Å². The van der Waals surface area contributed by atoms with Crippen molar-refractivity contribution in [3.05, 3.63) is 47.7 Å². The van der Waals surface area contributed by atoms with Crippen LogP contribution in [0.1, 0.15) is 62.5 Å². The molecule has 4 rings (SSSR count). The van der Waals surface area contributed by atoms with Gasteiger partial charge in [-0.3, -0.25) is 4.99 Å². The van der Waals surface area contributed by atoms with Crippen LogP contribution in [-0.2, 0) is 0 Å². The van der Waals surface area contributed by atoms with Crippen LogP contribution in [0, 0.1) is 12.3 Å². The average Bonchev–Trinajstić information content (AvgIpc) is 2.76. The van der Waals surface area contributed by atoms with Crippen LogP contribution in [0.3, 0.4) is 0 Å². The maximum Gasteiger partial charge on any atom is 0.229 e. The lowest BCUT2D eigenvalue weighted by atomic mass is 10.0. The molecule has 0 amide bonds. The Morgan fingerprint density at radius 1 is 1.04 bits per heavy atom. The van der Waals surface area contributed by atoms with Gasteiger partial charge in [0.1, 0.15) is 5.82 Å². The number of benzene rings is 1. The molecule has 0 unspecified atom stereocenters. The molecule has 2 aliphatic rings. The Kier molecular flexibility index (Phi) is 7.20. The van der Waals surface area contributed by atoms with Crippen molar-refractivity contribution in [2.24, 2.45) is 4.99 Å². The highest BCUT2D eigenvalue weighted by atomic mass is 15.1. The van der Waals surface area contributed by atoms with Gasteiger partial charge in [0.2, 0.25) is 5.95 Å². The zero-order valence-corrected chi connectivity index (χ0v) is 16.2. The zero-order valence-electron chi connectivity index (χ0n) is 16.2. The second kappa shape index (κ2) is 10.3. The third kappa shape index (κ3) is 5.68. The first-order valence-electron chi connectivity index (χ1n) is 9.95. The Labute approximate surface area is 167 Å². The van der Waals surface area contributed by atoms with E-state index in [1.54, 1.807) is 6.20 Å². The number of nitrogen functional groups attached to an aromatic ring is 1. The van der Waals surface area contributed by atoms with E-state index in [2.05, 4.69) is 26.2 Å². The van der Waals surface area contributed by atoms with Gasteiger partial charge in [0.25, 0.3) is 0 Å². The number of terminal acetylenes is 1. The van der Waals surface area contributed by atoms with Gasteiger partial charge in [-0.15, -0.1) is 6.42 Å². The van der Waals surface area contributed by atoms with E-state index in [1.165, 1.54) is 38.5 Å². The van der Waals surface area contributed by atoms with Gasteiger partial charge in [-0.1, -0.05) is 56.6 Å². The minimum atomic E-state index is 0.399. The molecule has 2 heterocycles. The largest absolute Gasteiger partial charge is 0.383 e. The van der Waals surface area contributed by atoms with Crippen LogP contribution >= 0.6 is 0 Å². The lowest BCUT2D eigenvalue weighted by molar-refractivity contribution is 0.504. The van der Waals surface area contributed by atoms with Crippen LogP contribution in [0.5, 0.6) is 0 Å². The number of rotatable bonds is 3. The summed E-state index contributed by atoms with van der Waals surface area (Å²) >= 11 is 0. The van der Waals surface area contributed by atoms with Gasteiger partial charge in [0.15, 0.2) is 0 Å².